The molecule has 0 saturated carbocycles. The van der Waals surface area contributed by atoms with E-state index in [4.69, 9.17) is 4.98 Å². The van der Waals surface area contributed by atoms with Gasteiger partial charge in [-0.1, -0.05) is 170 Å². The van der Waals surface area contributed by atoms with Crippen molar-refractivity contribution < 1.29 is 0 Å². The lowest BCUT2D eigenvalue weighted by molar-refractivity contribution is 1.01. The van der Waals surface area contributed by atoms with E-state index in [1.54, 1.807) is 0 Å². The summed E-state index contributed by atoms with van der Waals surface area (Å²) in [6.45, 7) is 0. The van der Waals surface area contributed by atoms with Crippen LogP contribution in [0, 0.1) is 0 Å². The molecule has 5 heterocycles. The smallest absolute Gasteiger partial charge is 0.154 e. The van der Waals surface area contributed by atoms with Crippen LogP contribution in [-0.4, -0.2) is 4.98 Å². The number of hydrogen-bond acceptors (Lipinski definition) is 7. The topological polar surface area (TPSA) is 32.3 Å². The Kier molecular flexibility index (Phi) is 11.9. The summed E-state index contributed by atoms with van der Waals surface area (Å²) < 4.78 is 0. The lowest BCUT2D eigenvalue weighted by atomic mass is 10.1. The minimum atomic E-state index is -1.26. The molecule has 0 bridgehead atoms. The Hall–Kier alpha value is -10.7. The first-order valence-electron chi connectivity index (χ1n) is 29.1. The Morgan fingerprint density at radius 2 is 0.558 bits per heavy atom. The minimum Gasteiger partial charge on any atom is -0.310 e. The molecule has 86 heavy (non-hydrogen) atoms. The van der Waals surface area contributed by atoms with Crippen molar-refractivity contribution in [1.29, 1.82) is 0 Å². The highest BCUT2D eigenvalue weighted by Gasteiger charge is 2.46. The van der Waals surface area contributed by atoms with Gasteiger partial charge >= 0.3 is 0 Å². The van der Waals surface area contributed by atoms with Crippen molar-refractivity contribution >= 4 is 124 Å². The fourth-order valence-electron chi connectivity index (χ4n) is 13.2. The van der Waals surface area contributed by atoms with Gasteiger partial charge < -0.3 is 19.6 Å². The summed E-state index contributed by atoms with van der Waals surface area (Å²) in [5.41, 5.74) is 17.6. The van der Waals surface area contributed by atoms with E-state index in [-0.39, 0.29) is 0 Å². The van der Waals surface area contributed by atoms with Crippen LogP contribution < -0.4 is 29.4 Å². The molecule has 7 nitrogen and oxygen atoms in total. The van der Waals surface area contributed by atoms with E-state index in [2.05, 4.69) is 351 Å². The molecule has 13 aromatic rings. The molecule has 17 rings (SSSR count). The van der Waals surface area contributed by atoms with Gasteiger partial charge in [0, 0.05) is 76.0 Å². The predicted molar refractivity (Wildman–Crippen MR) is 360 cm³/mol. The molecule has 12 aromatic carbocycles. The molecule has 4 aliphatic rings. The molecule has 0 spiro atoms. The summed E-state index contributed by atoms with van der Waals surface area (Å²) in [5.74, 6) is 1.73. The van der Waals surface area contributed by atoms with Crippen LogP contribution in [-0.2, 0) is 0 Å². The maximum Gasteiger partial charge on any atom is 0.154 e. The van der Waals surface area contributed by atoms with Gasteiger partial charge in [-0.05, 0) is 146 Å². The molecule has 4 aliphatic heterocycles. The van der Waals surface area contributed by atoms with E-state index in [1.807, 2.05) is 0 Å². The number of fused-ring (bicyclic) bond motifs is 8. The first kappa shape index (κ1) is 49.9. The molecule has 1 aromatic heterocycles. The zero-order valence-corrected chi connectivity index (χ0v) is 48.4. The van der Waals surface area contributed by atoms with Gasteiger partial charge in [-0.25, -0.2) is 4.98 Å². The van der Waals surface area contributed by atoms with Gasteiger partial charge in [-0.15, -0.1) is 0 Å². The zero-order chi connectivity index (χ0) is 56.7. The standard InChI is InChI=1S/C77H55N7S2/c1-9-29-54(30-10-1)79(55-31-11-2-12-32-55)62-49-67-75-68(50-62)83(60-41-21-7-22-42-60)65-51-66-73(53-72(65)85(75)70-47-27-25-45-63(70)81(67)58-37-17-5-18-38-58)86-71-48-28-26-46-64(71)82(59-39-19-6-20-40-59)69-52-74(78-77(76(69)86)84(66)61-43-23-8-24-44-61)80(56-33-13-3-14-34-56)57-35-15-4-16-36-57/h1-53,85-86H. The van der Waals surface area contributed by atoms with Crippen LogP contribution in [0.4, 0.5) is 103 Å². The normalized spacial score (nSPS) is 15.5. The summed E-state index contributed by atoms with van der Waals surface area (Å²) in [6, 6.07) is 118. The Morgan fingerprint density at radius 1 is 0.233 bits per heavy atom. The first-order chi connectivity index (χ1) is 42.7. The van der Waals surface area contributed by atoms with Crippen LogP contribution in [0.3, 0.4) is 0 Å². The van der Waals surface area contributed by atoms with Gasteiger partial charge in [0.2, 0.25) is 0 Å². The fraction of sp³-hybridized carbons (Fsp3) is 0. The quantitative estimate of drug-likeness (QED) is 0.132. The second kappa shape index (κ2) is 20.6. The van der Waals surface area contributed by atoms with Crippen molar-refractivity contribution in [2.75, 3.05) is 29.4 Å². The molecule has 410 valence electrons. The lowest BCUT2D eigenvalue weighted by Gasteiger charge is -2.49. The third-order valence-electron chi connectivity index (χ3n) is 16.7. The van der Waals surface area contributed by atoms with Crippen molar-refractivity contribution in [2.24, 2.45) is 0 Å². The van der Waals surface area contributed by atoms with Gasteiger partial charge in [0.25, 0.3) is 0 Å². The molecule has 0 fully saturated rings. The van der Waals surface area contributed by atoms with Gasteiger partial charge in [0.1, 0.15) is 5.82 Å². The molecule has 0 radical (unpaired) electrons. The van der Waals surface area contributed by atoms with Crippen molar-refractivity contribution in [3.63, 3.8) is 0 Å². The molecule has 0 amide bonds. The second-order valence-corrected chi connectivity index (χ2v) is 25.8. The zero-order valence-electron chi connectivity index (χ0n) is 46.6. The number of thiol groups is 2. The lowest BCUT2D eigenvalue weighted by Crippen LogP contribution is -2.27. The van der Waals surface area contributed by atoms with Gasteiger partial charge in [0.15, 0.2) is 5.82 Å². The third-order valence-corrected chi connectivity index (χ3v) is 21.9. The number of anilines is 18. The van der Waals surface area contributed by atoms with Crippen LogP contribution in [0.25, 0.3) is 0 Å². The average molecular weight is 1140 g/mol. The van der Waals surface area contributed by atoms with E-state index in [9.17, 15) is 0 Å². The largest absolute Gasteiger partial charge is 0.310 e. The maximum absolute atomic E-state index is 6.07. The van der Waals surface area contributed by atoms with Crippen molar-refractivity contribution in [1.82, 2.24) is 4.98 Å². The average Bonchev–Trinajstić information content (AvgIpc) is 0.707. The van der Waals surface area contributed by atoms with Gasteiger partial charge in [-0.2, -0.15) is 21.8 Å². The molecule has 9 heteroatoms. The first-order valence-corrected chi connectivity index (χ1v) is 31.8. The van der Waals surface area contributed by atoms with E-state index in [0.29, 0.717) is 0 Å². The van der Waals surface area contributed by atoms with Crippen molar-refractivity contribution in [3.05, 3.63) is 322 Å². The van der Waals surface area contributed by atoms with Crippen LogP contribution in [0.2, 0.25) is 0 Å². The summed E-state index contributed by atoms with van der Waals surface area (Å²) >= 11 is 0. The van der Waals surface area contributed by atoms with E-state index < -0.39 is 21.8 Å². The number of para-hydroxylation sites is 10. The predicted octanol–water partition coefficient (Wildman–Crippen LogP) is 22.1. The van der Waals surface area contributed by atoms with E-state index >= 15 is 0 Å². The molecule has 2 unspecified atom stereocenters. The molecule has 0 N–H and O–H groups in total. The number of benzene rings is 12. The van der Waals surface area contributed by atoms with Gasteiger partial charge in [0.05, 0.1) is 50.4 Å². The Bertz CT molecular complexity index is 4300. The highest BCUT2D eigenvalue weighted by atomic mass is 32.2. The van der Waals surface area contributed by atoms with E-state index in [1.165, 1.54) is 46.4 Å². The summed E-state index contributed by atoms with van der Waals surface area (Å²) in [4.78, 5) is 28.6. The maximum atomic E-state index is 6.07. The Balaban J connectivity index is 0.995. The van der Waals surface area contributed by atoms with Crippen LogP contribution >= 0.6 is 21.8 Å². The number of pyridine rings is 1. The van der Waals surface area contributed by atoms with Crippen molar-refractivity contribution in [3.8, 4) is 0 Å². The Labute approximate surface area is 506 Å². The van der Waals surface area contributed by atoms with Gasteiger partial charge in [-0.3, -0.25) is 9.80 Å². The number of nitrogens with zero attached hydrogens (tertiary/aromatic N) is 7. The number of aromatic nitrogens is 1. The molecular weight excluding hydrogens is 1090 g/mol. The second-order valence-electron chi connectivity index (χ2n) is 21.7. The summed E-state index contributed by atoms with van der Waals surface area (Å²) in [7, 11) is -2.47. The number of hydrogen-bond donors (Lipinski definition) is 2. The van der Waals surface area contributed by atoms with Crippen LogP contribution in [0.15, 0.2) is 351 Å². The van der Waals surface area contributed by atoms with Crippen LogP contribution in [0.1, 0.15) is 0 Å². The molecular formula is C77H55N7S2. The highest BCUT2D eigenvalue weighted by Crippen LogP contribution is 2.76. The summed E-state index contributed by atoms with van der Waals surface area (Å²) in [6.07, 6.45) is 0. The fourth-order valence-corrected chi connectivity index (χ4v) is 18.9. The van der Waals surface area contributed by atoms with Crippen molar-refractivity contribution in [2.45, 2.75) is 29.4 Å². The molecule has 0 aliphatic carbocycles. The summed E-state index contributed by atoms with van der Waals surface area (Å²) in [5, 5.41) is 0. The van der Waals surface area contributed by atoms with Crippen LogP contribution in [0.5, 0.6) is 0 Å². The minimum absolute atomic E-state index is 0.820. The van der Waals surface area contributed by atoms with E-state index in [0.717, 1.165) is 85.6 Å². The Morgan fingerprint density at radius 3 is 0.988 bits per heavy atom. The third kappa shape index (κ3) is 7.96. The highest BCUT2D eigenvalue weighted by molar-refractivity contribution is 8.18. The number of rotatable bonds is 10. The molecule has 0 saturated heterocycles. The SMILES string of the molecule is c1ccc(N(c2ccccc2)c2cc3c4c(c2)N(c2ccccc2)c2cc5c(cc2[SH]4c2ccccc2N3c2ccccc2)[SH]2c3ccccc3N(c3ccccc3)c3cc(N(c4ccccc4)c4ccccc4)nc(c32)N5c2ccccc2)cc1. The molecule has 2 atom stereocenters. The monoisotopic (exact) mass is 1140 g/mol.